The summed E-state index contributed by atoms with van der Waals surface area (Å²) in [5.74, 6) is -6.11. The number of rotatable bonds is 67. The molecule has 133 heavy (non-hydrogen) atoms. The molecule has 0 bridgehead atoms. The normalized spacial score (nSPS) is 12.8. The van der Waals surface area contributed by atoms with Gasteiger partial charge in [0.15, 0.2) is 23.1 Å². The minimum atomic E-state index is -1.21. The van der Waals surface area contributed by atoms with Gasteiger partial charge in [0, 0.05) is 115 Å². The second kappa shape index (κ2) is 64.4. The molecule has 718 valence electrons. The van der Waals surface area contributed by atoms with Crippen molar-refractivity contribution in [1.29, 1.82) is 0 Å². The van der Waals surface area contributed by atoms with Crippen LogP contribution in [0, 0.1) is 23.7 Å². The van der Waals surface area contributed by atoms with Crippen LogP contribution < -0.4 is 37.4 Å². The highest BCUT2D eigenvalue weighted by Crippen LogP contribution is 2.26. The monoisotopic (exact) mass is 1840 g/mol. The number of nitrogens with two attached hydrogens (primary N) is 1. The maximum Gasteiger partial charge on any atom is 0.324 e. The first-order valence-electron chi connectivity index (χ1n) is 44.7. The third-order valence-corrected chi connectivity index (χ3v) is 21.4. The average Bonchev–Trinajstić information content (AvgIpc) is 0.868. The number of carbonyl (C=O) groups excluding carboxylic acids is 14. The highest BCUT2D eigenvalue weighted by atomic mass is 16.7. The Labute approximate surface area is 776 Å². The van der Waals surface area contributed by atoms with Gasteiger partial charge in [-0.2, -0.15) is 5.90 Å². The Hall–Kier alpha value is -12.4. The number of ketones is 6. The fourth-order valence-electron chi connectivity index (χ4n) is 14.1. The zero-order chi connectivity index (χ0) is 96.2. The molecule has 0 aliphatic carbocycles. The largest absolute Gasteiger partial charge is 0.508 e. The average molecular weight is 1840 g/mol. The number of Topliss-reactive ketones (excluding diaryl/α,β-unsaturated/α-hetero) is 6. The molecule has 9 N–H and O–H groups in total. The Morgan fingerprint density at radius 3 is 1.02 bits per heavy atom. The molecule has 0 aromatic heterocycles. The second-order valence-corrected chi connectivity index (χ2v) is 32.1. The SMILES string of the molecule is COCCOCCOCCCC(=O)[C@@H](CCC(=O)NO)NC(=O)[C@H](CCC(=O)ON)CC(=O)[C@@H](Cc1ccccc1)NC(=O)[C@@H](CC(C)=O)Cc1ccc(O)cc1.COCCOCCOCCCC(=O)[C@@H](CCC(=O)OCc1ccccc1)NC(=O)[C@H](CCC(=O)OCc1ccccc1)CC(=O)[C@@H](Cc1ccccc1)NC(=O)[C@@H](CC(C)=O)Cc1ccc(OCc2ccccc2)cc1. The van der Waals surface area contributed by atoms with Crippen LogP contribution in [0.2, 0.25) is 0 Å². The van der Waals surface area contributed by atoms with Gasteiger partial charge in [-0.25, -0.2) is 5.48 Å². The molecule has 32 nitrogen and oxygen atoms in total. The van der Waals surface area contributed by atoms with Gasteiger partial charge >= 0.3 is 17.9 Å². The molecule has 0 saturated heterocycles. The van der Waals surface area contributed by atoms with E-state index in [1.165, 1.54) is 31.5 Å². The van der Waals surface area contributed by atoms with Gasteiger partial charge < -0.3 is 83.4 Å². The van der Waals surface area contributed by atoms with Crippen molar-refractivity contribution in [3.63, 3.8) is 0 Å². The molecule has 0 saturated carbocycles. The van der Waals surface area contributed by atoms with E-state index in [0.717, 1.165) is 27.8 Å². The van der Waals surface area contributed by atoms with Crippen LogP contribution in [-0.4, -0.2) is 197 Å². The van der Waals surface area contributed by atoms with Crippen LogP contribution in [0.15, 0.2) is 200 Å². The van der Waals surface area contributed by atoms with Gasteiger partial charge in [-0.05, 0) is 141 Å². The number of phenols is 1. The van der Waals surface area contributed by atoms with Crippen molar-refractivity contribution in [1.82, 2.24) is 26.7 Å². The van der Waals surface area contributed by atoms with Crippen molar-refractivity contribution >= 4 is 82.1 Å². The molecule has 0 aliphatic rings. The molecule has 7 aromatic carbocycles. The van der Waals surface area contributed by atoms with Crippen LogP contribution in [0.4, 0.5) is 0 Å². The lowest BCUT2D eigenvalue weighted by Crippen LogP contribution is -2.48. The van der Waals surface area contributed by atoms with Gasteiger partial charge in [0.2, 0.25) is 29.5 Å². The molecule has 0 aliphatic heterocycles. The van der Waals surface area contributed by atoms with Gasteiger partial charge in [-0.1, -0.05) is 176 Å². The first-order valence-corrected chi connectivity index (χ1v) is 44.7. The lowest BCUT2D eigenvalue weighted by Gasteiger charge is -2.25. The number of phenolic OH excluding ortho intramolecular Hbond substituents is 1. The zero-order valence-corrected chi connectivity index (χ0v) is 76.3. The van der Waals surface area contributed by atoms with Crippen molar-refractivity contribution in [2.24, 2.45) is 29.6 Å². The Morgan fingerprint density at radius 2 is 0.647 bits per heavy atom. The van der Waals surface area contributed by atoms with Crippen molar-refractivity contribution < 1.29 is 125 Å². The number of aromatic hydroxyl groups is 1. The van der Waals surface area contributed by atoms with Crippen LogP contribution in [0.1, 0.15) is 156 Å². The molecule has 0 fully saturated rings. The topological polar surface area (TPSA) is 458 Å². The maximum absolute atomic E-state index is 14.7. The third kappa shape index (κ3) is 46.5. The van der Waals surface area contributed by atoms with Gasteiger partial charge in [0.25, 0.3) is 0 Å². The summed E-state index contributed by atoms with van der Waals surface area (Å²) in [7, 11) is 3.14. The summed E-state index contributed by atoms with van der Waals surface area (Å²) < 4.78 is 48.8. The number of nitrogens with one attached hydrogen (secondary N) is 5. The quantitative estimate of drug-likeness (QED) is 0.00760. The summed E-state index contributed by atoms with van der Waals surface area (Å²) in [5, 5.41) is 29.9. The number of carbonyl (C=O) groups is 14. The van der Waals surface area contributed by atoms with E-state index >= 15 is 0 Å². The summed E-state index contributed by atoms with van der Waals surface area (Å²) in [4.78, 5) is 192. The minimum Gasteiger partial charge on any atom is -0.508 e. The Kier molecular flexibility index (Phi) is 53.0. The van der Waals surface area contributed by atoms with E-state index in [-0.39, 0.29) is 165 Å². The third-order valence-electron chi connectivity index (χ3n) is 21.4. The number of hydroxylamine groups is 1. The van der Waals surface area contributed by atoms with Crippen molar-refractivity contribution in [3.05, 3.63) is 239 Å². The number of methoxy groups -OCH3 is 2. The van der Waals surface area contributed by atoms with Gasteiger partial charge in [-0.15, -0.1) is 0 Å². The summed E-state index contributed by atoms with van der Waals surface area (Å²) in [6, 6.07) is 54.6. The molecule has 0 spiro atoms. The summed E-state index contributed by atoms with van der Waals surface area (Å²) >= 11 is 0. The fourth-order valence-corrected chi connectivity index (χ4v) is 14.1. The summed E-state index contributed by atoms with van der Waals surface area (Å²) in [6.07, 6.45) is -1.87. The Balaban J connectivity index is 0.000000427. The van der Waals surface area contributed by atoms with Crippen LogP contribution in [0.5, 0.6) is 11.5 Å². The maximum atomic E-state index is 14.7. The van der Waals surface area contributed by atoms with Gasteiger partial charge in [-0.3, -0.25) is 62.7 Å². The predicted octanol–water partition coefficient (Wildman–Crippen LogP) is 10.1. The van der Waals surface area contributed by atoms with Crippen molar-refractivity contribution in [3.8, 4) is 11.5 Å². The van der Waals surface area contributed by atoms with E-state index in [1.54, 1.807) is 80.9 Å². The van der Waals surface area contributed by atoms with Crippen molar-refractivity contribution in [2.75, 3.05) is 80.3 Å². The number of hydrogen-bond donors (Lipinski definition) is 8. The highest BCUT2D eigenvalue weighted by Gasteiger charge is 2.36. The van der Waals surface area contributed by atoms with E-state index in [9.17, 15) is 72.2 Å². The lowest BCUT2D eigenvalue weighted by atomic mass is 9.89. The molecule has 0 unspecified atom stereocenters. The van der Waals surface area contributed by atoms with Crippen LogP contribution >= 0.6 is 0 Å². The number of amides is 5. The smallest absolute Gasteiger partial charge is 0.324 e. The molecule has 0 radical (unpaired) electrons. The predicted molar refractivity (Wildman–Crippen MR) is 490 cm³/mol. The first kappa shape index (κ1) is 109. The van der Waals surface area contributed by atoms with Crippen LogP contribution in [0.25, 0.3) is 0 Å². The number of benzene rings is 7. The second-order valence-electron chi connectivity index (χ2n) is 32.1. The molecule has 7 rings (SSSR count). The Morgan fingerprint density at radius 1 is 0.323 bits per heavy atom. The summed E-state index contributed by atoms with van der Waals surface area (Å²) in [6.45, 7) is 6.59. The van der Waals surface area contributed by atoms with E-state index in [1.807, 2.05) is 121 Å². The zero-order valence-electron chi connectivity index (χ0n) is 76.3. The highest BCUT2D eigenvalue weighted by molar-refractivity contribution is 5.98. The first-order chi connectivity index (χ1) is 64.3. The van der Waals surface area contributed by atoms with E-state index in [2.05, 4.69) is 26.1 Å². The number of hydrogen-bond acceptors (Lipinski definition) is 27. The molecule has 5 amide bonds. The van der Waals surface area contributed by atoms with Gasteiger partial charge in [0.1, 0.15) is 42.9 Å². The minimum absolute atomic E-state index is 0.00272. The lowest BCUT2D eigenvalue weighted by molar-refractivity contribution is -0.147. The number of esters is 2. The van der Waals surface area contributed by atoms with E-state index in [4.69, 9.17) is 53.7 Å². The Bertz CT molecular complexity index is 4670. The molecule has 32 heteroatoms. The molecule has 0 heterocycles. The van der Waals surface area contributed by atoms with Crippen molar-refractivity contribution in [2.45, 2.75) is 186 Å². The molecular formula is C101H128N6O26. The molecule has 8 atom stereocenters. The van der Waals surface area contributed by atoms with E-state index in [0.29, 0.717) is 76.2 Å². The van der Waals surface area contributed by atoms with Crippen LogP contribution in [0.3, 0.4) is 0 Å². The van der Waals surface area contributed by atoms with Crippen LogP contribution in [-0.2, 0) is 155 Å². The fraction of sp³-hybridized carbons (Fsp3) is 0.446. The van der Waals surface area contributed by atoms with Gasteiger partial charge in [0.05, 0.1) is 77.0 Å². The number of ether oxygens (including phenoxy) is 9. The standard InChI is InChI=1S/C61H72N2O13.C40H56N4O13/c1-45(64)38-52(39-47-25-28-53(29-26-47)74-42-48-18-9-4-10-19-48)61(70)63-55(40-46-16-7-3-8-17-46)57(66)41-51(27-31-58(67)75-43-49-20-11-5-12-21-49)60(69)62-54(30-32-59(68)76-44-50-22-13-6-14-23-50)56(65)24-15-33-72-36-37-73-35-34-71-2;1-27(45)23-31(24-29-10-13-32(46)14-11-29)40(52)43-34(25-28-7-4-3-5-8-28)36(48)26-30(12-17-38(50)57-41)39(51)42-33(15-16-37(49)44-53)35(47)9-6-18-55-21-22-56-20-19-54-2/h3-14,16-23,25-26,28-29,51-52,54-55H,15,24,27,30-44H2,1-2H3,(H,62,69)(H,63,70);3-5,7-8,10-11,13-14,30-31,33-34,46,53H,6,9,12,15-26,41H2,1-2H3,(H,42,51)(H,43,52)(H,44,49)/t51-,52+,54-,55-;30-,31+,33-,34-/m11/s1. The molecular weight excluding hydrogens is 1710 g/mol. The molecule has 7 aromatic rings. The summed E-state index contributed by atoms with van der Waals surface area (Å²) in [5.41, 5.74) is 6.93. The van der Waals surface area contributed by atoms with E-state index < -0.39 is 125 Å².